The molecule has 2 N–H and O–H groups in total. The number of aliphatic imine (C=N–C) groups is 1. The SMILES string of the molecule is CN=C(NCCC1CC1)NC1CC(C)N(C2CC2)C1.I. The van der Waals surface area contributed by atoms with Gasteiger partial charge in [-0.2, -0.15) is 0 Å². The van der Waals surface area contributed by atoms with Crippen LogP contribution in [-0.4, -0.2) is 49.1 Å². The number of guanidine groups is 1. The van der Waals surface area contributed by atoms with E-state index in [0.29, 0.717) is 6.04 Å². The largest absolute Gasteiger partial charge is 0.356 e. The quantitative estimate of drug-likeness (QED) is 0.428. The molecule has 2 atom stereocenters. The molecule has 1 heterocycles. The fourth-order valence-electron chi connectivity index (χ4n) is 3.27. The molecule has 20 heavy (non-hydrogen) atoms. The van der Waals surface area contributed by atoms with Gasteiger partial charge in [0, 0.05) is 38.3 Å². The summed E-state index contributed by atoms with van der Waals surface area (Å²) in [5.41, 5.74) is 0. The van der Waals surface area contributed by atoms with Crippen molar-refractivity contribution in [2.75, 3.05) is 20.1 Å². The van der Waals surface area contributed by atoms with Gasteiger partial charge >= 0.3 is 0 Å². The van der Waals surface area contributed by atoms with Crippen molar-refractivity contribution in [3.8, 4) is 0 Å². The Bertz CT molecular complexity index is 339. The first kappa shape index (κ1) is 16.3. The molecule has 0 aromatic rings. The second-order valence-corrected chi connectivity index (χ2v) is 6.58. The molecular weight excluding hydrogens is 363 g/mol. The van der Waals surface area contributed by atoms with E-state index in [2.05, 4.69) is 27.4 Å². The number of nitrogens with one attached hydrogen (secondary N) is 2. The summed E-state index contributed by atoms with van der Waals surface area (Å²) in [6, 6.07) is 2.18. The zero-order chi connectivity index (χ0) is 13.2. The number of nitrogens with zero attached hydrogens (tertiary/aromatic N) is 2. The molecule has 3 fully saturated rings. The molecule has 4 nitrogen and oxygen atoms in total. The van der Waals surface area contributed by atoms with E-state index in [-0.39, 0.29) is 24.0 Å². The van der Waals surface area contributed by atoms with Crippen LogP contribution in [0.3, 0.4) is 0 Å². The summed E-state index contributed by atoms with van der Waals surface area (Å²) in [5.74, 6) is 1.98. The van der Waals surface area contributed by atoms with Crippen molar-refractivity contribution in [3.05, 3.63) is 0 Å². The predicted octanol–water partition coefficient (Wildman–Crippen LogP) is 2.19. The van der Waals surface area contributed by atoms with Crippen LogP contribution >= 0.6 is 24.0 Å². The van der Waals surface area contributed by atoms with Crippen molar-refractivity contribution in [3.63, 3.8) is 0 Å². The lowest BCUT2D eigenvalue weighted by Gasteiger charge is -2.20. The highest BCUT2D eigenvalue weighted by Crippen LogP contribution is 2.33. The van der Waals surface area contributed by atoms with Gasteiger partial charge in [-0.1, -0.05) is 12.8 Å². The molecule has 0 spiro atoms. The Morgan fingerprint density at radius 1 is 1.25 bits per heavy atom. The first-order valence-electron chi connectivity index (χ1n) is 7.99. The lowest BCUT2D eigenvalue weighted by Crippen LogP contribution is -2.45. The van der Waals surface area contributed by atoms with Crippen LogP contribution in [0.15, 0.2) is 4.99 Å². The minimum absolute atomic E-state index is 0. The first-order chi connectivity index (χ1) is 9.26. The van der Waals surface area contributed by atoms with E-state index in [4.69, 9.17) is 0 Å². The lowest BCUT2D eigenvalue weighted by molar-refractivity contribution is 0.256. The van der Waals surface area contributed by atoms with Crippen LogP contribution in [0.5, 0.6) is 0 Å². The van der Waals surface area contributed by atoms with Crippen LogP contribution in [0.2, 0.25) is 0 Å². The standard InChI is InChI=1S/C15H28N4.HI/c1-11-9-13(10-19(11)14-5-6-14)18-15(16-2)17-8-7-12-3-4-12;/h11-14H,3-10H2,1-2H3,(H2,16,17,18);1H. The third-order valence-corrected chi connectivity index (χ3v) is 4.75. The van der Waals surface area contributed by atoms with E-state index in [1.165, 1.54) is 45.1 Å². The number of hydrogen-bond donors (Lipinski definition) is 2. The topological polar surface area (TPSA) is 39.7 Å². The molecule has 5 heteroatoms. The minimum Gasteiger partial charge on any atom is -0.356 e. The molecule has 3 aliphatic rings. The molecule has 2 saturated carbocycles. The van der Waals surface area contributed by atoms with Gasteiger partial charge in [-0.05, 0) is 38.5 Å². The van der Waals surface area contributed by atoms with Crippen molar-refractivity contribution in [2.45, 2.75) is 63.6 Å². The highest BCUT2D eigenvalue weighted by atomic mass is 127. The van der Waals surface area contributed by atoms with Gasteiger partial charge in [0.05, 0.1) is 0 Å². The van der Waals surface area contributed by atoms with Gasteiger partial charge in [-0.15, -0.1) is 24.0 Å². The van der Waals surface area contributed by atoms with E-state index in [9.17, 15) is 0 Å². The second kappa shape index (κ2) is 7.29. The Morgan fingerprint density at radius 2 is 2.00 bits per heavy atom. The molecule has 0 aromatic carbocycles. The molecule has 3 rings (SSSR count). The summed E-state index contributed by atoms with van der Waals surface area (Å²) >= 11 is 0. The van der Waals surface area contributed by atoms with E-state index in [0.717, 1.165) is 30.5 Å². The zero-order valence-corrected chi connectivity index (χ0v) is 15.1. The van der Waals surface area contributed by atoms with Gasteiger partial charge in [0.15, 0.2) is 5.96 Å². The van der Waals surface area contributed by atoms with Crippen LogP contribution in [0.25, 0.3) is 0 Å². The molecule has 0 aromatic heterocycles. The third-order valence-electron chi connectivity index (χ3n) is 4.75. The fourth-order valence-corrected chi connectivity index (χ4v) is 3.27. The Balaban J connectivity index is 0.00000147. The summed E-state index contributed by atoms with van der Waals surface area (Å²) in [6.07, 6.45) is 8.24. The van der Waals surface area contributed by atoms with E-state index >= 15 is 0 Å². The Hall–Kier alpha value is -0.0400. The smallest absolute Gasteiger partial charge is 0.191 e. The fraction of sp³-hybridized carbons (Fsp3) is 0.933. The summed E-state index contributed by atoms with van der Waals surface area (Å²) in [6.45, 7) is 4.62. The maximum Gasteiger partial charge on any atom is 0.191 e. The first-order valence-corrected chi connectivity index (χ1v) is 7.99. The Kier molecular flexibility index (Phi) is 5.95. The summed E-state index contributed by atoms with van der Waals surface area (Å²) in [7, 11) is 1.88. The average Bonchev–Trinajstić information content (AvgIpc) is 3.29. The van der Waals surface area contributed by atoms with Gasteiger partial charge in [0.2, 0.25) is 0 Å². The van der Waals surface area contributed by atoms with Crippen LogP contribution in [-0.2, 0) is 0 Å². The molecule has 2 unspecified atom stereocenters. The average molecular weight is 392 g/mol. The van der Waals surface area contributed by atoms with Crippen LogP contribution in [0.4, 0.5) is 0 Å². The number of likely N-dealkylation sites (tertiary alicyclic amines) is 1. The highest BCUT2D eigenvalue weighted by molar-refractivity contribution is 14.0. The van der Waals surface area contributed by atoms with Gasteiger partial charge in [-0.25, -0.2) is 0 Å². The van der Waals surface area contributed by atoms with E-state index in [1.807, 2.05) is 7.05 Å². The normalized spacial score (nSPS) is 31.0. The van der Waals surface area contributed by atoms with Gasteiger partial charge in [0.25, 0.3) is 0 Å². The molecule has 0 bridgehead atoms. The van der Waals surface area contributed by atoms with E-state index in [1.54, 1.807) is 0 Å². The van der Waals surface area contributed by atoms with Crippen molar-refractivity contribution in [1.29, 1.82) is 0 Å². The maximum atomic E-state index is 4.36. The molecule has 0 amide bonds. The predicted molar refractivity (Wildman–Crippen MR) is 94.8 cm³/mol. The van der Waals surface area contributed by atoms with Gasteiger partial charge in [0.1, 0.15) is 0 Å². The monoisotopic (exact) mass is 392 g/mol. The second-order valence-electron chi connectivity index (χ2n) is 6.58. The number of halogens is 1. The molecule has 1 saturated heterocycles. The number of rotatable bonds is 5. The van der Waals surface area contributed by atoms with Crippen LogP contribution < -0.4 is 10.6 Å². The Morgan fingerprint density at radius 3 is 2.60 bits per heavy atom. The van der Waals surface area contributed by atoms with Crippen LogP contribution in [0.1, 0.15) is 45.4 Å². The third kappa shape index (κ3) is 4.48. The summed E-state index contributed by atoms with van der Waals surface area (Å²) in [5, 5.41) is 7.06. The molecule has 2 aliphatic carbocycles. The van der Waals surface area contributed by atoms with E-state index < -0.39 is 0 Å². The Labute approximate surface area is 140 Å². The van der Waals surface area contributed by atoms with Crippen molar-refractivity contribution in [2.24, 2.45) is 10.9 Å². The molecule has 1 aliphatic heterocycles. The lowest BCUT2D eigenvalue weighted by atomic mass is 10.2. The molecule has 0 radical (unpaired) electrons. The van der Waals surface area contributed by atoms with Crippen molar-refractivity contribution < 1.29 is 0 Å². The summed E-state index contributed by atoms with van der Waals surface area (Å²) < 4.78 is 0. The molecule has 116 valence electrons. The van der Waals surface area contributed by atoms with Gasteiger partial charge in [-0.3, -0.25) is 9.89 Å². The molecular formula is C15H29IN4. The number of hydrogen-bond acceptors (Lipinski definition) is 2. The van der Waals surface area contributed by atoms with Crippen molar-refractivity contribution in [1.82, 2.24) is 15.5 Å². The highest BCUT2D eigenvalue weighted by Gasteiger charge is 2.38. The van der Waals surface area contributed by atoms with Crippen LogP contribution in [0, 0.1) is 5.92 Å². The van der Waals surface area contributed by atoms with Crippen molar-refractivity contribution >= 4 is 29.9 Å². The van der Waals surface area contributed by atoms with Gasteiger partial charge < -0.3 is 10.6 Å². The zero-order valence-electron chi connectivity index (χ0n) is 12.8. The maximum absolute atomic E-state index is 4.36. The summed E-state index contributed by atoms with van der Waals surface area (Å²) in [4.78, 5) is 7.03. The minimum atomic E-state index is 0.